The van der Waals surface area contributed by atoms with Crippen molar-refractivity contribution in [3.8, 4) is 11.3 Å². The number of aromatic carboxylic acids is 1. The Morgan fingerprint density at radius 2 is 2.09 bits per heavy atom. The predicted molar refractivity (Wildman–Crippen MR) is 83.7 cm³/mol. The molecule has 22 heavy (non-hydrogen) atoms. The van der Waals surface area contributed by atoms with Gasteiger partial charge < -0.3 is 10.4 Å². The normalized spacial score (nSPS) is 18.1. The van der Waals surface area contributed by atoms with Crippen molar-refractivity contribution in [1.29, 1.82) is 0 Å². The first-order valence-electron chi connectivity index (χ1n) is 7.58. The number of aromatic nitrogens is 2. The molecule has 0 radical (unpaired) electrons. The van der Waals surface area contributed by atoms with Gasteiger partial charge in [0.2, 0.25) is 0 Å². The Hall–Kier alpha value is -2.27. The zero-order valence-electron chi connectivity index (χ0n) is 12.3. The standard InChI is InChI=1S/C17H19N3O2/c21-17(22)14-5-3-13(4-6-14)16-9-15(19-11-20-16)8-12-2-1-7-18-10-12/h3-6,9,11-12,18H,1-2,7-8,10H2,(H,21,22)/t12-/m1/s1. The molecule has 0 aliphatic carbocycles. The zero-order valence-corrected chi connectivity index (χ0v) is 12.3. The molecule has 0 spiro atoms. The molecule has 1 aliphatic heterocycles. The van der Waals surface area contributed by atoms with Gasteiger partial charge in [0.25, 0.3) is 0 Å². The fraction of sp³-hybridized carbons (Fsp3) is 0.353. The molecule has 1 fully saturated rings. The van der Waals surface area contributed by atoms with Gasteiger partial charge in [0, 0.05) is 11.3 Å². The van der Waals surface area contributed by atoms with Crippen LogP contribution >= 0.6 is 0 Å². The van der Waals surface area contributed by atoms with E-state index in [1.54, 1.807) is 30.6 Å². The molecular formula is C17H19N3O2. The van der Waals surface area contributed by atoms with Crippen LogP contribution in [-0.4, -0.2) is 34.1 Å². The van der Waals surface area contributed by atoms with Gasteiger partial charge in [-0.3, -0.25) is 0 Å². The molecule has 5 nitrogen and oxygen atoms in total. The van der Waals surface area contributed by atoms with Crippen LogP contribution in [0.25, 0.3) is 11.3 Å². The van der Waals surface area contributed by atoms with Crippen molar-refractivity contribution >= 4 is 5.97 Å². The highest BCUT2D eigenvalue weighted by atomic mass is 16.4. The maximum absolute atomic E-state index is 10.9. The minimum Gasteiger partial charge on any atom is -0.478 e. The number of benzene rings is 1. The van der Waals surface area contributed by atoms with Crippen LogP contribution in [0.3, 0.4) is 0 Å². The fourth-order valence-electron chi connectivity index (χ4n) is 2.84. The summed E-state index contributed by atoms with van der Waals surface area (Å²) in [7, 11) is 0. The second-order valence-electron chi connectivity index (χ2n) is 5.69. The number of carbonyl (C=O) groups is 1. The maximum atomic E-state index is 10.9. The van der Waals surface area contributed by atoms with Crippen LogP contribution in [-0.2, 0) is 6.42 Å². The van der Waals surface area contributed by atoms with E-state index in [0.29, 0.717) is 5.92 Å². The van der Waals surface area contributed by atoms with E-state index in [4.69, 9.17) is 5.11 Å². The quantitative estimate of drug-likeness (QED) is 0.906. The lowest BCUT2D eigenvalue weighted by Crippen LogP contribution is -2.31. The van der Waals surface area contributed by atoms with Crippen LogP contribution in [0.2, 0.25) is 0 Å². The lowest BCUT2D eigenvalue weighted by Gasteiger charge is -2.22. The summed E-state index contributed by atoms with van der Waals surface area (Å²) in [5.41, 5.74) is 3.08. The summed E-state index contributed by atoms with van der Waals surface area (Å²) in [6.07, 6.45) is 5.00. The maximum Gasteiger partial charge on any atom is 0.335 e. The topological polar surface area (TPSA) is 75.1 Å². The number of rotatable bonds is 4. The van der Waals surface area contributed by atoms with E-state index in [1.807, 2.05) is 6.07 Å². The molecule has 114 valence electrons. The molecule has 2 N–H and O–H groups in total. The number of piperidine rings is 1. The second-order valence-corrected chi connectivity index (χ2v) is 5.69. The lowest BCUT2D eigenvalue weighted by atomic mass is 9.94. The molecular weight excluding hydrogens is 278 g/mol. The number of hydrogen-bond donors (Lipinski definition) is 2. The van der Waals surface area contributed by atoms with Gasteiger partial charge >= 0.3 is 5.97 Å². The van der Waals surface area contributed by atoms with Gasteiger partial charge in [-0.15, -0.1) is 0 Å². The van der Waals surface area contributed by atoms with Crippen molar-refractivity contribution < 1.29 is 9.90 Å². The second kappa shape index (κ2) is 6.66. The van der Waals surface area contributed by atoms with Crippen molar-refractivity contribution in [2.45, 2.75) is 19.3 Å². The third-order valence-corrected chi connectivity index (χ3v) is 4.05. The third kappa shape index (κ3) is 3.49. The SMILES string of the molecule is O=C(O)c1ccc(-c2cc(C[C@H]3CCCNC3)ncn2)cc1. The number of carboxylic acids is 1. The van der Waals surface area contributed by atoms with Gasteiger partial charge in [0.05, 0.1) is 11.3 Å². The van der Waals surface area contributed by atoms with Crippen molar-refractivity contribution in [1.82, 2.24) is 15.3 Å². The Labute approximate surface area is 129 Å². The average molecular weight is 297 g/mol. The van der Waals surface area contributed by atoms with E-state index in [1.165, 1.54) is 12.8 Å². The Balaban J connectivity index is 1.76. The van der Waals surface area contributed by atoms with Crippen molar-refractivity contribution in [2.24, 2.45) is 5.92 Å². The number of nitrogens with one attached hydrogen (secondary N) is 1. The van der Waals surface area contributed by atoms with Gasteiger partial charge in [-0.1, -0.05) is 12.1 Å². The van der Waals surface area contributed by atoms with Crippen LogP contribution in [0.1, 0.15) is 28.9 Å². The molecule has 2 aromatic rings. The first kappa shape index (κ1) is 14.7. The van der Waals surface area contributed by atoms with E-state index < -0.39 is 5.97 Å². The molecule has 0 unspecified atom stereocenters. The molecule has 1 aliphatic rings. The van der Waals surface area contributed by atoms with E-state index in [9.17, 15) is 4.79 Å². The number of carboxylic acid groups (broad SMARTS) is 1. The highest BCUT2D eigenvalue weighted by Gasteiger charge is 2.14. The molecule has 1 atom stereocenters. The van der Waals surface area contributed by atoms with E-state index in [2.05, 4.69) is 15.3 Å². The molecule has 1 aromatic carbocycles. The average Bonchev–Trinajstić information content (AvgIpc) is 2.56. The Morgan fingerprint density at radius 1 is 1.27 bits per heavy atom. The first-order valence-corrected chi connectivity index (χ1v) is 7.58. The van der Waals surface area contributed by atoms with Crippen LogP contribution in [0.5, 0.6) is 0 Å². The molecule has 0 saturated carbocycles. The fourth-order valence-corrected chi connectivity index (χ4v) is 2.84. The number of hydrogen-bond acceptors (Lipinski definition) is 4. The van der Waals surface area contributed by atoms with E-state index in [0.717, 1.165) is 36.5 Å². The summed E-state index contributed by atoms with van der Waals surface area (Å²) in [5, 5.41) is 12.4. The van der Waals surface area contributed by atoms with Crippen LogP contribution < -0.4 is 5.32 Å². The van der Waals surface area contributed by atoms with Crippen LogP contribution in [0.4, 0.5) is 0 Å². The third-order valence-electron chi connectivity index (χ3n) is 4.05. The van der Waals surface area contributed by atoms with Crippen molar-refractivity contribution in [3.63, 3.8) is 0 Å². The largest absolute Gasteiger partial charge is 0.478 e. The monoisotopic (exact) mass is 297 g/mol. The summed E-state index contributed by atoms with van der Waals surface area (Å²) < 4.78 is 0. The summed E-state index contributed by atoms with van der Waals surface area (Å²) in [5.74, 6) is -0.286. The minimum absolute atomic E-state index is 0.284. The van der Waals surface area contributed by atoms with Gasteiger partial charge in [-0.05, 0) is 56.5 Å². The molecule has 0 amide bonds. The van der Waals surface area contributed by atoms with Crippen molar-refractivity contribution in [3.05, 3.63) is 47.9 Å². The van der Waals surface area contributed by atoms with Crippen LogP contribution in [0, 0.1) is 5.92 Å². The zero-order chi connectivity index (χ0) is 15.4. The minimum atomic E-state index is -0.917. The molecule has 1 aromatic heterocycles. The molecule has 3 rings (SSSR count). The molecule has 5 heteroatoms. The summed E-state index contributed by atoms with van der Waals surface area (Å²) in [6.45, 7) is 2.16. The highest BCUT2D eigenvalue weighted by molar-refractivity contribution is 5.88. The van der Waals surface area contributed by atoms with E-state index in [-0.39, 0.29) is 5.56 Å². The van der Waals surface area contributed by atoms with Gasteiger partial charge in [0.1, 0.15) is 6.33 Å². The van der Waals surface area contributed by atoms with Gasteiger partial charge in [-0.2, -0.15) is 0 Å². The van der Waals surface area contributed by atoms with Gasteiger partial charge in [-0.25, -0.2) is 14.8 Å². The highest BCUT2D eigenvalue weighted by Crippen LogP contribution is 2.20. The van der Waals surface area contributed by atoms with Crippen LogP contribution in [0.15, 0.2) is 36.7 Å². The Bertz CT molecular complexity index is 649. The Morgan fingerprint density at radius 3 is 2.77 bits per heavy atom. The predicted octanol–water partition coefficient (Wildman–Crippen LogP) is 2.38. The molecule has 1 saturated heterocycles. The first-order chi connectivity index (χ1) is 10.7. The summed E-state index contributed by atoms with van der Waals surface area (Å²) in [4.78, 5) is 19.6. The van der Waals surface area contributed by atoms with Gasteiger partial charge in [0.15, 0.2) is 0 Å². The molecule has 2 heterocycles. The van der Waals surface area contributed by atoms with E-state index >= 15 is 0 Å². The lowest BCUT2D eigenvalue weighted by molar-refractivity contribution is 0.0697. The van der Waals surface area contributed by atoms with Crippen molar-refractivity contribution in [2.75, 3.05) is 13.1 Å². The number of nitrogens with zero attached hydrogens (tertiary/aromatic N) is 2. The summed E-state index contributed by atoms with van der Waals surface area (Å²) >= 11 is 0. The smallest absolute Gasteiger partial charge is 0.335 e. The Kier molecular flexibility index (Phi) is 4.44. The summed E-state index contributed by atoms with van der Waals surface area (Å²) in [6, 6.07) is 8.79. The molecule has 0 bridgehead atoms.